The van der Waals surface area contributed by atoms with Crippen molar-refractivity contribution in [1.29, 1.82) is 0 Å². The summed E-state index contributed by atoms with van der Waals surface area (Å²) in [5.41, 5.74) is 2.07. The monoisotopic (exact) mass is 375 g/mol. The molecule has 0 heterocycles. The molecule has 18 heavy (non-hydrogen) atoms. The molecular formula is C14H12ClFIN. The van der Waals surface area contributed by atoms with Gasteiger partial charge >= 0.3 is 0 Å². The van der Waals surface area contributed by atoms with E-state index in [0.717, 1.165) is 19.7 Å². The van der Waals surface area contributed by atoms with Gasteiger partial charge in [-0.1, -0.05) is 29.8 Å². The molecule has 0 aliphatic rings. The third-order valence-electron chi connectivity index (χ3n) is 2.77. The lowest BCUT2D eigenvalue weighted by molar-refractivity contribution is 0.623. The molecule has 4 heteroatoms. The van der Waals surface area contributed by atoms with Gasteiger partial charge in [0.1, 0.15) is 5.82 Å². The SMILES string of the molecule is CNC(c1ccc(F)cc1)c1ccc(I)c(Cl)c1. The van der Waals surface area contributed by atoms with Crippen LogP contribution in [0.4, 0.5) is 4.39 Å². The van der Waals surface area contributed by atoms with Gasteiger partial charge in [0, 0.05) is 3.57 Å². The normalized spacial score (nSPS) is 12.4. The number of hydrogen-bond acceptors (Lipinski definition) is 1. The molecule has 94 valence electrons. The Kier molecular flexibility index (Phi) is 4.59. The highest BCUT2D eigenvalue weighted by Crippen LogP contribution is 2.27. The van der Waals surface area contributed by atoms with Crippen molar-refractivity contribution in [2.45, 2.75) is 6.04 Å². The largest absolute Gasteiger partial charge is 0.309 e. The Morgan fingerprint density at radius 3 is 2.28 bits per heavy atom. The maximum absolute atomic E-state index is 12.9. The number of halogens is 3. The second-order valence-electron chi connectivity index (χ2n) is 3.95. The Balaban J connectivity index is 2.38. The standard InChI is InChI=1S/C14H12ClFIN/c1-18-14(9-2-5-11(16)6-3-9)10-4-7-13(17)12(15)8-10/h2-8,14,18H,1H3. The molecule has 0 spiro atoms. The van der Waals surface area contributed by atoms with Gasteiger partial charge in [-0.15, -0.1) is 0 Å². The fourth-order valence-electron chi connectivity index (χ4n) is 1.87. The smallest absolute Gasteiger partial charge is 0.123 e. The van der Waals surface area contributed by atoms with E-state index in [4.69, 9.17) is 11.6 Å². The summed E-state index contributed by atoms with van der Waals surface area (Å²) >= 11 is 8.33. The minimum atomic E-state index is -0.228. The van der Waals surface area contributed by atoms with Gasteiger partial charge in [-0.25, -0.2) is 4.39 Å². The Morgan fingerprint density at radius 2 is 1.72 bits per heavy atom. The highest BCUT2D eigenvalue weighted by Gasteiger charge is 2.13. The molecule has 1 N–H and O–H groups in total. The average Bonchev–Trinajstić information content (AvgIpc) is 2.37. The van der Waals surface area contributed by atoms with E-state index in [1.54, 1.807) is 12.1 Å². The second kappa shape index (κ2) is 5.99. The Hall–Kier alpha value is -0.650. The summed E-state index contributed by atoms with van der Waals surface area (Å²) in [6, 6.07) is 12.4. The summed E-state index contributed by atoms with van der Waals surface area (Å²) < 4.78 is 14.0. The molecule has 1 nitrogen and oxygen atoms in total. The summed E-state index contributed by atoms with van der Waals surface area (Å²) in [7, 11) is 1.87. The van der Waals surface area contributed by atoms with Crippen molar-refractivity contribution in [3.05, 3.63) is 68.0 Å². The topological polar surface area (TPSA) is 12.0 Å². The molecule has 1 unspecified atom stereocenters. The molecule has 2 aromatic carbocycles. The summed E-state index contributed by atoms with van der Waals surface area (Å²) in [4.78, 5) is 0. The van der Waals surface area contributed by atoms with Gasteiger partial charge in [0.15, 0.2) is 0 Å². The van der Waals surface area contributed by atoms with Crippen LogP contribution in [-0.4, -0.2) is 7.05 Å². The zero-order chi connectivity index (χ0) is 13.1. The first-order valence-corrected chi connectivity index (χ1v) is 6.95. The molecule has 2 rings (SSSR count). The fourth-order valence-corrected chi connectivity index (χ4v) is 2.40. The Labute approximate surface area is 124 Å². The number of nitrogens with one attached hydrogen (secondary N) is 1. The molecule has 0 bridgehead atoms. The third kappa shape index (κ3) is 3.02. The van der Waals surface area contributed by atoms with E-state index in [2.05, 4.69) is 27.9 Å². The Morgan fingerprint density at radius 1 is 1.11 bits per heavy atom. The lowest BCUT2D eigenvalue weighted by Gasteiger charge is -2.17. The van der Waals surface area contributed by atoms with E-state index in [1.807, 2.05) is 25.2 Å². The van der Waals surface area contributed by atoms with E-state index in [1.165, 1.54) is 12.1 Å². The van der Waals surface area contributed by atoms with Crippen LogP contribution < -0.4 is 5.32 Å². The minimum absolute atomic E-state index is 0.0140. The maximum Gasteiger partial charge on any atom is 0.123 e. The van der Waals surface area contributed by atoms with Crippen LogP contribution in [0.1, 0.15) is 17.2 Å². The first-order valence-electron chi connectivity index (χ1n) is 5.49. The van der Waals surface area contributed by atoms with Crippen molar-refractivity contribution in [2.75, 3.05) is 7.05 Å². The summed E-state index contributed by atoms with van der Waals surface area (Å²) in [5.74, 6) is -0.228. The van der Waals surface area contributed by atoms with E-state index in [-0.39, 0.29) is 11.9 Å². The molecule has 0 saturated carbocycles. The maximum atomic E-state index is 12.9. The highest BCUT2D eigenvalue weighted by molar-refractivity contribution is 14.1. The van der Waals surface area contributed by atoms with Gasteiger partial charge in [0.25, 0.3) is 0 Å². The zero-order valence-corrected chi connectivity index (χ0v) is 12.7. The van der Waals surface area contributed by atoms with Crippen LogP contribution in [0, 0.1) is 9.39 Å². The average molecular weight is 376 g/mol. The van der Waals surface area contributed by atoms with Crippen molar-refractivity contribution < 1.29 is 4.39 Å². The van der Waals surface area contributed by atoms with Crippen molar-refractivity contribution in [2.24, 2.45) is 0 Å². The van der Waals surface area contributed by atoms with E-state index in [9.17, 15) is 4.39 Å². The predicted octanol–water partition coefficient (Wildman–Crippen LogP) is 4.39. The molecule has 0 amide bonds. The highest BCUT2D eigenvalue weighted by atomic mass is 127. The molecule has 0 aliphatic heterocycles. The molecule has 0 fully saturated rings. The minimum Gasteiger partial charge on any atom is -0.309 e. The quantitative estimate of drug-likeness (QED) is 0.785. The van der Waals surface area contributed by atoms with Gasteiger partial charge in [0.2, 0.25) is 0 Å². The van der Waals surface area contributed by atoms with Crippen molar-refractivity contribution >= 4 is 34.2 Å². The predicted molar refractivity (Wildman–Crippen MR) is 81.5 cm³/mol. The van der Waals surface area contributed by atoms with E-state index >= 15 is 0 Å². The van der Waals surface area contributed by atoms with E-state index in [0.29, 0.717) is 0 Å². The molecule has 1 atom stereocenters. The number of rotatable bonds is 3. The summed E-state index contributed by atoms with van der Waals surface area (Å²) in [5, 5.41) is 3.95. The van der Waals surface area contributed by atoms with Crippen LogP contribution in [-0.2, 0) is 0 Å². The first-order chi connectivity index (χ1) is 8.61. The van der Waals surface area contributed by atoms with Crippen LogP contribution in [0.15, 0.2) is 42.5 Å². The fraction of sp³-hybridized carbons (Fsp3) is 0.143. The molecule has 2 aromatic rings. The molecule has 0 aliphatic carbocycles. The van der Waals surface area contributed by atoms with Crippen molar-refractivity contribution in [3.63, 3.8) is 0 Å². The third-order valence-corrected chi connectivity index (χ3v) is 4.34. The molecule has 0 saturated heterocycles. The van der Waals surface area contributed by atoms with Crippen molar-refractivity contribution in [1.82, 2.24) is 5.32 Å². The van der Waals surface area contributed by atoms with E-state index < -0.39 is 0 Å². The number of hydrogen-bond donors (Lipinski definition) is 1. The van der Waals surface area contributed by atoms with Crippen molar-refractivity contribution in [3.8, 4) is 0 Å². The molecule has 0 radical (unpaired) electrons. The first kappa shape index (κ1) is 13.8. The molecule has 0 aromatic heterocycles. The van der Waals surface area contributed by atoms with Crippen LogP contribution >= 0.6 is 34.2 Å². The lowest BCUT2D eigenvalue weighted by Crippen LogP contribution is -2.17. The van der Waals surface area contributed by atoms with Gasteiger partial charge in [-0.2, -0.15) is 0 Å². The van der Waals surface area contributed by atoms with Gasteiger partial charge in [0.05, 0.1) is 11.1 Å². The Bertz CT molecular complexity index is 542. The zero-order valence-electron chi connectivity index (χ0n) is 9.75. The van der Waals surface area contributed by atoms with Gasteiger partial charge in [-0.3, -0.25) is 0 Å². The van der Waals surface area contributed by atoms with Crippen LogP contribution in [0.2, 0.25) is 5.02 Å². The van der Waals surface area contributed by atoms with Crippen LogP contribution in [0.5, 0.6) is 0 Å². The van der Waals surface area contributed by atoms with Gasteiger partial charge in [-0.05, 0) is 65.0 Å². The number of benzene rings is 2. The van der Waals surface area contributed by atoms with Gasteiger partial charge < -0.3 is 5.32 Å². The summed E-state index contributed by atoms with van der Waals surface area (Å²) in [6.07, 6.45) is 0. The van der Waals surface area contributed by atoms with Crippen LogP contribution in [0.25, 0.3) is 0 Å². The van der Waals surface area contributed by atoms with Crippen LogP contribution in [0.3, 0.4) is 0 Å². The lowest BCUT2D eigenvalue weighted by atomic mass is 9.99. The summed E-state index contributed by atoms with van der Waals surface area (Å²) in [6.45, 7) is 0. The second-order valence-corrected chi connectivity index (χ2v) is 5.52. The molecular weight excluding hydrogens is 364 g/mol.